The minimum Gasteiger partial charge on any atom is -0.458 e. The number of fused-ring (bicyclic) bond motifs is 1. The van der Waals surface area contributed by atoms with E-state index in [9.17, 15) is 14.7 Å². The molecule has 0 unspecified atom stereocenters. The van der Waals surface area contributed by atoms with Crippen molar-refractivity contribution in [2.24, 2.45) is 5.92 Å². The Bertz CT molecular complexity index is 668. The Morgan fingerprint density at radius 2 is 2.12 bits per heavy atom. The second kappa shape index (κ2) is 7.83. The van der Waals surface area contributed by atoms with Crippen LogP contribution in [0.3, 0.4) is 0 Å². The molecule has 25 heavy (non-hydrogen) atoms. The van der Waals surface area contributed by atoms with Gasteiger partial charge >= 0.3 is 11.9 Å². The van der Waals surface area contributed by atoms with Crippen LogP contribution in [0.1, 0.15) is 40.5 Å². The Morgan fingerprint density at radius 3 is 2.76 bits per heavy atom. The molecule has 1 heterocycles. The maximum atomic E-state index is 12.3. The van der Waals surface area contributed by atoms with Crippen molar-refractivity contribution < 1.29 is 24.2 Å². The van der Waals surface area contributed by atoms with Crippen LogP contribution in [0.5, 0.6) is 0 Å². The van der Waals surface area contributed by atoms with Crippen LogP contribution >= 0.6 is 0 Å². The standard InChI is InChI=1S/C20H26O5/c1-6-12(3)19(22)24-16-9-11(2)7-8-15(21)13(4)10-17-18(16)14(5)20(23)25-17/h6-7,10,15-18,21H,5,8-9H2,1-4H3/b11-7-,12-6-,13-10-/t15-,16+,17+,18+/m0/s1. The summed E-state index contributed by atoms with van der Waals surface area (Å²) in [7, 11) is 0. The molecule has 5 nitrogen and oxygen atoms in total. The molecule has 1 N–H and O–H groups in total. The fourth-order valence-electron chi connectivity index (χ4n) is 3.04. The maximum absolute atomic E-state index is 12.3. The van der Waals surface area contributed by atoms with Crippen molar-refractivity contribution in [2.75, 3.05) is 0 Å². The molecule has 0 aromatic heterocycles. The molecule has 2 aliphatic rings. The van der Waals surface area contributed by atoms with Crippen molar-refractivity contribution in [1.29, 1.82) is 0 Å². The van der Waals surface area contributed by atoms with Gasteiger partial charge in [-0.05, 0) is 45.8 Å². The van der Waals surface area contributed by atoms with Gasteiger partial charge in [0, 0.05) is 17.6 Å². The van der Waals surface area contributed by atoms with E-state index < -0.39 is 36.2 Å². The zero-order valence-electron chi connectivity index (χ0n) is 15.2. The van der Waals surface area contributed by atoms with Crippen molar-refractivity contribution in [2.45, 2.75) is 58.8 Å². The molecule has 0 aromatic carbocycles. The molecule has 1 fully saturated rings. The number of hydrogen-bond donors (Lipinski definition) is 1. The molecule has 2 rings (SSSR count). The van der Waals surface area contributed by atoms with Crippen molar-refractivity contribution in [3.63, 3.8) is 0 Å². The lowest BCUT2D eigenvalue weighted by molar-refractivity contribution is -0.147. The number of esters is 2. The van der Waals surface area contributed by atoms with Crippen LogP contribution in [0, 0.1) is 5.92 Å². The van der Waals surface area contributed by atoms with Gasteiger partial charge in [-0.25, -0.2) is 9.59 Å². The van der Waals surface area contributed by atoms with Crippen LogP contribution in [0.4, 0.5) is 0 Å². The average Bonchev–Trinajstić information content (AvgIpc) is 2.84. The van der Waals surface area contributed by atoms with Crippen molar-refractivity contribution in [3.05, 3.63) is 47.1 Å². The first-order valence-electron chi connectivity index (χ1n) is 8.50. The lowest BCUT2D eigenvalue weighted by atomic mass is 9.85. The van der Waals surface area contributed by atoms with E-state index >= 15 is 0 Å². The van der Waals surface area contributed by atoms with Gasteiger partial charge in [0.15, 0.2) is 0 Å². The zero-order valence-corrected chi connectivity index (χ0v) is 15.2. The maximum Gasteiger partial charge on any atom is 0.334 e. The van der Waals surface area contributed by atoms with Crippen molar-refractivity contribution in [3.8, 4) is 0 Å². The molecule has 0 saturated carbocycles. The number of rotatable bonds is 2. The van der Waals surface area contributed by atoms with Gasteiger partial charge in [0.05, 0.1) is 12.0 Å². The first-order valence-corrected chi connectivity index (χ1v) is 8.50. The fourth-order valence-corrected chi connectivity index (χ4v) is 3.04. The third kappa shape index (κ3) is 4.28. The SMILES string of the molecule is C=C1C(=O)O[C@@H]2/C=C(/C)[C@@H](O)C/C=C(/C)C[C@@H](OC(=O)/C(C)=C\C)[C@@H]12. The summed E-state index contributed by atoms with van der Waals surface area (Å²) in [5, 5.41) is 10.2. The first kappa shape index (κ1) is 19.2. The van der Waals surface area contributed by atoms with E-state index in [1.807, 2.05) is 13.0 Å². The van der Waals surface area contributed by atoms with Gasteiger partial charge in [-0.3, -0.25) is 0 Å². The van der Waals surface area contributed by atoms with E-state index in [0.717, 1.165) is 11.1 Å². The molecule has 0 aromatic rings. The normalized spacial score (nSPS) is 35.0. The largest absolute Gasteiger partial charge is 0.458 e. The van der Waals surface area contributed by atoms with Crippen LogP contribution in [0.15, 0.2) is 47.1 Å². The Hall–Kier alpha value is -2.14. The van der Waals surface area contributed by atoms with Gasteiger partial charge in [0.25, 0.3) is 0 Å². The lowest BCUT2D eigenvalue weighted by Gasteiger charge is -2.28. The second-order valence-corrected chi connectivity index (χ2v) is 6.75. The van der Waals surface area contributed by atoms with Gasteiger partial charge < -0.3 is 14.6 Å². The van der Waals surface area contributed by atoms with E-state index in [1.165, 1.54) is 0 Å². The molecular formula is C20H26O5. The quantitative estimate of drug-likeness (QED) is 0.473. The Morgan fingerprint density at radius 1 is 1.44 bits per heavy atom. The third-order valence-corrected chi connectivity index (χ3v) is 4.84. The minimum absolute atomic E-state index is 0.299. The topological polar surface area (TPSA) is 72.8 Å². The monoisotopic (exact) mass is 346 g/mol. The number of aliphatic hydroxyl groups is 1. The van der Waals surface area contributed by atoms with Gasteiger partial charge in [-0.15, -0.1) is 0 Å². The minimum atomic E-state index is -0.632. The summed E-state index contributed by atoms with van der Waals surface area (Å²) in [5.41, 5.74) is 2.51. The molecule has 5 heteroatoms. The Labute approximate surface area is 148 Å². The number of carbonyl (C=O) groups excluding carboxylic acids is 2. The molecule has 1 saturated heterocycles. The third-order valence-electron chi connectivity index (χ3n) is 4.84. The molecule has 0 amide bonds. The van der Waals surface area contributed by atoms with Crippen molar-refractivity contribution in [1.82, 2.24) is 0 Å². The van der Waals surface area contributed by atoms with E-state index in [4.69, 9.17) is 9.47 Å². The summed E-state index contributed by atoms with van der Waals surface area (Å²) in [6.07, 6.45) is 4.51. The number of hydrogen-bond acceptors (Lipinski definition) is 5. The van der Waals surface area contributed by atoms with Crippen LogP contribution in [0.25, 0.3) is 0 Å². The van der Waals surface area contributed by atoms with E-state index in [1.54, 1.807) is 32.9 Å². The molecule has 1 aliphatic carbocycles. The Kier molecular flexibility index (Phi) is 6.01. The predicted molar refractivity (Wildman–Crippen MR) is 94.6 cm³/mol. The number of aliphatic hydroxyl groups excluding tert-OH is 1. The summed E-state index contributed by atoms with van der Waals surface area (Å²) >= 11 is 0. The molecule has 0 spiro atoms. The van der Waals surface area contributed by atoms with Gasteiger partial charge in [-0.2, -0.15) is 0 Å². The van der Waals surface area contributed by atoms with Gasteiger partial charge in [0.1, 0.15) is 12.2 Å². The second-order valence-electron chi connectivity index (χ2n) is 6.75. The Balaban J connectivity index is 2.42. The molecule has 4 atom stereocenters. The molecule has 1 aliphatic heterocycles. The highest BCUT2D eigenvalue weighted by molar-refractivity contribution is 5.92. The highest BCUT2D eigenvalue weighted by atomic mass is 16.6. The molecule has 136 valence electrons. The van der Waals surface area contributed by atoms with E-state index in [0.29, 0.717) is 24.0 Å². The summed E-state index contributed by atoms with van der Waals surface area (Å²) < 4.78 is 11.1. The lowest BCUT2D eigenvalue weighted by Crippen LogP contribution is -2.34. The van der Waals surface area contributed by atoms with Gasteiger partial charge in [-0.1, -0.05) is 24.3 Å². The summed E-state index contributed by atoms with van der Waals surface area (Å²) in [6, 6.07) is 0. The van der Waals surface area contributed by atoms with E-state index in [-0.39, 0.29) is 0 Å². The average molecular weight is 346 g/mol. The smallest absolute Gasteiger partial charge is 0.334 e. The molecular weight excluding hydrogens is 320 g/mol. The predicted octanol–water partition coefficient (Wildman–Crippen LogP) is 3.01. The highest BCUT2D eigenvalue weighted by Gasteiger charge is 2.44. The first-order chi connectivity index (χ1) is 11.7. The fraction of sp³-hybridized carbons (Fsp3) is 0.500. The number of ether oxygens (including phenoxy) is 2. The van der Waals surface area contributed by atoms with Crippen LogP contribution in [-0.4, -0.2) is 35.4 Å². The van der Waals surface area contributed by atoms with Crippen molar-refractivity contribution >= 4 is 11.9 Å². The molecule has 0 radical (unpaired) electrons. The summed E-state index contributed by atoms with van der Waals surface area (Å²) in [4.78, 5) is 24.3. The number of carbonyl (C=O) groups is 2. The van der Waals surface area contributed by atoms with Crippen LogP contribution < -0.4 is 0 Å². The zero-order chi connectivity index (χ0) is 18.7. The summed E-state index contributed by atoms with van der Waals surface area (Å²) in [6.45, 7) is 11.0. The number of allylic oxidation sites excluding steroid dienone is 1. The summed E-state index contributed by atoms with van der Waals surface area (Å²) in [5.74, 6) is -1.37. The van der Waals surface area contributed by atoms with Gasteiger partial charge in [0.2, 0.25) is 0 Å². The van der Waals surface area contributed by atoms with Crippen LogP contribution in [0.2, 0.25) is 0 Å². The highest BCUT2D eigenvalue weighted by Crippen LogP contribution is 2.36. The van der Waals surface area contributed by atoms with E-state index in [2.05, 4.69) is 6.58 Å². The van der Waals surface area contributed by atoms with Crippen LogP contribution in [-0.2, 0) is 19.1 Å². The molecule has 0 bridgehead atoms.